The monoisotopic (exact) mass is 298 g/mol. The number of hydrogen-bond acceptors (Lipinski definition) is 3. The van der Waals surface area contributed by atoms with Crippen LogP contribution in [-0.2, 0) is 4.74 Å². The van der Waals surface area contributed by atoms with Gasteiger partial charge < -0.3 is 15.4 Å². The van der Waals surface area contributed by atoms with Crippen molar-refractivity contribution in [3.63, 3.8) is 0 Å². The van der Waals surface area contributed by atoms with Gasteiger partial charge in [-0.2, -0.15) is 0 Å². The molecule has 1 aliphatic carbocycles. The van der Waals surface area contributed by atoms with Crippen LogP contribution in [0.4, 0.5) is 5.69 Å². The molecule has 5 heteroatoms. The van der Waals surface area contributed by atoms with Crippen molar-refractivity contribution in [2.24, 2.45) is 11.7 Å². The molecule has 0 spiro atoms. The van der Waals surface area contributed by atoms with E-state index in [1.54, 1.807) is 6.07 Å². The fourth-order valence-corrected chi connectivity index (χ4v) is 2.28. The second kappa shape index (κ2) is 6.55. The van der Waals surface area contributed by atoms with Gasteiger partial charge in [-0.15, -0.1) is 0 Å². The number of anilines is 1. The van der Waals surface area contributed by atoms with Crippen molar-refractivity contribution in [1.82, 2.24) is 0 Å². The van der Waals surface area contributed by atoms with Crippen LogP contribution in [0, 0.1) is 5.92 Å². The van der Waals surface area contributed by atoms with E-state index >= 15 is 0 Å². The highest BCUT2D eigenvalue weighted by molar-refractivity contribution is 7.80. The number of thiocarbonyl (C=S) groups is 1. The maximum atomic E-state index is 6.24. The van der Waals surface area contributed by atoms with Gasteiger partial charge in [-0.1, -0.05) is 23.8 Å². The molecule has 1 saturated carbocycles. The van der Waals surface area contributed by atoms with Gasteiger partial charge in [-0.25, -0.2) is 0 Å². The minimum atomic E-state index is 0.365. The molecular weight excluding hydrogens is 280 g/mol. The number of likely N-dealkylation sites (N-methyl/N-ethyl adjacent to an activating group) is 1. The van der Waals surface area contributed by atoms with Crippen molar-refractivity contribution in [2.75, 3.05) is 31.7 Å². The number of nitrogens with two attached hydrogens (primary N) is 1. The Labute approximate surface area is 124 Å². The van der Waals surface area contributed by atoms with Crippen LogP contribution in [0.2, 0.25) is 5.02 Å². The van der Waals surface area contributed by atoms with Crippen molar-refractivity contribution in [1.29, 1.82) is 0 Å². The van der Waals surface area contributed by atoms with Gasteiger partial charge in [0.2, 0.25) is 0 Å². The number of benzene rings is 1. The average Bonchev–Trinajstić information content (AvgIpc) is 3.18. The Bertz CT molecular complexity index is 463. The molecule has 1 aliphatic rings. The van der Waals surface area contributed by atoms with Crippen LogP contribution in [-0.4, -0.2) is 31.8 Å². The number of ether oxygens (including phenoxy) is 1. The minimum Gasteiger partial charge on any atom is -0.389 e. The van der Waals surface area contributed by atoms with Gasteiger partial charge in [0, 0.05) is 25.8 Å². The lowest BCUT2D eigenvalue weighted by molar-refractivity contribution is 0.131. The molecule has 0 aromatic heterocycles. The highest BCUT2D eigenvalue weighted by atomic mass is 35.5. The van der Waals surface area contributed by atoms with E-state index in [0.717, 1.165) is 36.9 Å². The summed E-state index contributed by atoms with van der Waals surface area (Å²) < 4.78 is 5.63. The zero-order valence-corrected chi connectivity index (χ0v) is 12.6. The van der Waals surface area contributed by atoms with Gasteiger partial charge >= 0.3 is 0 Å². The summed E-state index contributed by atoms with van der Waals surface area (Å²) in [4.78, 5) is 2.45. The smallest absolute Gasteiger partial charge is 0.104 e. The number of rotatable bonds is 7. The topological polar surface area (TPSA) is 38.5 Å². The van der Waals surface area contributed by atoms with Gasteiger partial charge in [-0.05, 0) is 37.0 Å². The third kappa shape index (κ3) is 4.34. The van der Waals surface area contributed by atoms with Gasteiger partial charge in [0.1, 0.15) is 4.99 Å². The van der Waals surface area contributed by atoms with E-state index in [9.17, 15) is 0 Å². The number of hydrogen-bond donors (Lipinski definition) is 1. The molecule has 0 amide bonds. The van der Waals surface area contributed by atoms with Gasteiger partial charge in [-0.3, -0.25) is 0 Å². The Balaban J connectivity index is 1.86. The molecule has 104 valence electrons. The second-order valence-corrected chi connectivity index (χ2v) is 5.82. The quantitative estimate of drug-likeness (QED) is 0.620. The molecular formula is C14H19ClN2OS. The van der Waals surface area contributed by atoms with Gasteiger partial charge in [0.25, 0.3) is 0 Å². The molecule has 2 rings (SSSR count). The predicted octanol–water partition coefficient (Wildman–Crippen LogP) is 2.84. The third-order valence-electron chi connectivity index (χ3n) is 3.26. The molecule has 0 radical (unpaired) electrons. The summed E-state index contributed by atoms with van der Waals surface area (Å²) in [5.74, 6) is 0.804. The first-order valence-corrected chi connectivity index (χ1v) is 7.25. The van der Waals surface area contributed by atoms with Crippen LogP contribution in [0.5, 0.6) is 0 Å². The van der Waals surface area contributed by atoms with Crippen LogP contribution < -0.4 is 10.6 Å². The summed E-state index contributed by atoms with van der Waals surface area (Å²) >= 11 is 11.2. The summed E-state index contributed by atoms with van der Waals surface area (Å²) in [5.41, 5.74) is 7.34. The summed E-state index contributed by atoms with van der Waals surface area (Å²) in [5, 5.41) is 0.662. The maximum Gasteiger partial charge on any atom is 0.104 e. The molecule has 0 unspecified atom stereocenters. The predicted molar refractivity (Wildman–Crippen MR) is 84.2 cm³/mol. The van der Waals surface area contributed by atoms with Crippen molar-refractivity contribution >= 4 is 34.5 Å². The lowest BCUT2D eigenvalue weighted by Crippen LogP contribution is -2.23. The summed E-state index contributed by atoms with van der Waals surface area (Å²) in [7, 11) is 2.00. The average molecular weight is 299 g/mol. The highest BCUT2D eigenvalue weighted by Gasteiger charge is 2.21. The van der Waals surface area contributed by atoms with E-state index in [2.05, 4.69) is 4.90 Å². The first kappa shape index (κ1) is 14.6. The Morgan fingerprint density at radius 2 is 2.26 bits per heavy atom. The summed E-state index contributed by atoms with van der Waals surface area (Å²) in [6.45, 7) is 2.43. The lowest BCUT2D eigenvalue weighted by Gasteiger charge is -2.21. The Hall–Kier alpha value is -0.840. The summed E-state index contributed by atoms with van der Waals surface area (Å²) in [6, 6.07) is 5.64. The SMILES string of the molecule is CN(CCOCC1CC1)c1ccc(C(N)=S)cc1Cl. The second-order valence-electron chi connectivity index (χ2n) is 4.97. The Morgan fingerprint density at radius 3 is 2.84 bits per heavy atom. The lowest BCUT2D eigenvalue weighted by atomic mass is 10.2. The van der Waals surface area contributed by atoms with Gasteiger partial charge in [0.15, 0.2) is 0 Å². The largest absolute Gasteiger partial charge is 0.389 e. The third-order valence-corrected chi connectivity index (χ3v) is 3.80. The molecule has 3 nitrogen and oxygen atoms in total. The van der Waals surface area contributed by atoms with Crippen molar-refractivity contribution < 1.29 is 4.74 Å². The molecule has 1 aromatic carbocycles. The van der Waals surface area contributed by atoms with Crippen molar-refractivity contribution in [3.8, 4) is 0 Å². The fraction of sp³-hybridized carbons (Fsp3) is 0.500. The van der Waals surface area contributed by atoms with E-state index < -0.39 is 0 Å². The zero-order valence-electron chi connectivity index (χ0n) is 11.1. The fourth-order valence-electron chi connectivity index (χ4n) is 1.83. The molecule has 0 aliphatic heterocycles. The van der Waals surface area contributed by atoms with Crippen LogP contribution in [0.1, 0.15) is 18.4 Å². The molecule has 1 fully saturated rings. The molecule has 0 atom stereocenters. The molecule has 1 aromatic rings. The summed E-state index contributed by atoms with van der Waals surface area (Å²) in [6.07, 6.45) is 2.64. The minimum absolute atomic E-state index is 0.365. The van der Waals surface area contributed by atoms with E-state index in [1.807, 2.05) is 19.2 Å². The molecule has 0 saturated heterocycles. The number of nitrogens with zero attached hydrogens (tertiary/aromatic N) is 1. The Morgan fingerprint density at radius 1 is 1.53 bits per heavy atom. The van der Waals surface area contributed by atoms with E-state index in [-0.39, 0.29) is 0 Å². The van der Waals surface area contributed by atoms with Crippen LogP contribution >= 0.6 is 23.8 Å². The molecule has 2 N–H and O–H groups in total. The van der Waals surface area contributed by atoms with Crippen molar-refractivity contribution in [3.05, 3.63) is 28.8 Å². The normalized spacial score (nSPS) is 14.4. The zero-order chi connectivity index (χ0) is 13.8. The van der Waals surface area contributed by atoms with Crippen molar-refractivity contribution in [2.45, 2.75) is 12.8 Å². The molecule has 19 heavy (non-hydrogen) atoms. The van der Waals surface area contributed by atoms with Crippen LogP contribution in [0.25, 0.3) is 0 Å². The molecule has 0 heterocycles. The standard InChI is InChI=1S/C14H19ClN2OS/c1-17(6-7-18-9-10-2-3-10)13-5-4-11(14(16)19)8-12(13)15/h4-5,8,10H,2-3,6-7,9H2,1H3,(H2,16,19). The van der Waals surface area contributed by atoms with Crippen LogP contribution in [0.3, 0.4) is 0 Å². The van der Waals surface area contributed by atoms with Crippen LogP contribution in [0.15, 0.2) is 18.2 Å². The molecule has 0 bridgehead atoms. The van der Waals surface area contributed by atoms with E-state index in [0.29, 0.717) is 10.0 Å². The van der Waals surface area contributed by atoms with E-state index in [4.69, 9.17) is 34.3 Å². The first-order chi connectivity index (χ1) is 9.08. The Kier molecular flexibility index (Phi) is 5.02. The maximum absolute atomic E-state index is 6.24. The van der Waals surface area contributed by atoms with E-state index in [1.165, 1.54) is 12.8 Å². The highest BCUT2D eigenvalue weighted by Crippen LogP contribution is 2.29. The van der Waals surface area contributed by atoms with Gasteiger partial charge in [0.05, 0.1) is 17.3 Å². The first-order valence-electron chi connectivity index (χ1n) is 6.46. The number of halogens is 1.